The molecule has 34 heavy (non-hydrogen) atoms. The minimum Gasteiger partial charge on any atom is -0.496 e. The highest BCUT2D eigenvalue weighted by Crippen LogP contribution is 2.50. The molecule has 1 nitrogen and oxygen atoms in total. The normalized spacial score (nSPS) is 13.5. The van der Waals surface area contributed by atoms with Crippen molar-refractivity contribution in [3.63, 3.8) is 0 Å². The van der Waals surface area contributed by atoms with E-state index in [9.17, 15) is 0 Å². The minimum absolute atomic E-state index is 0.00484. The Balaban J connectivity index is 1.55. The first-order chi connectivity index (χ1) is 16.5. The van der Waals surface area contributed by atoms with Crippen molar-refractivity contribution < 1.29 is 4.74 Å². The summed E-state index contributed by atoms with van der Waals surface area (Å²) in [6, 6.07) is 35.1. The largest absolute Gasteiger partial charge is 0.496 e. The van der Waals surface area contributed by atoms with Crippen LogP contribution in [0.4, 0.5) is 0 Å². The number of hydrogen-bond donors (Lipinski definition) is 0. The predicted octanol–water partition coefficient (Wildman–Crippen LogP) is 9.25. The molecule has 0 atom stereocenters. The molecule has 6 rings (SSSR count). The molecule has 2 heteroatoms. The minimum atomic E-state index is -0.00484. The van der Waals surface area contributed by atoms with Gasteiger partial charge >= 0.3 is 0 Å². The quantitative estimate of drug-likeness (QED) is 0.237. The van der Waals surface area contributed by atoms with Crippen LogP contribution in [0.15, 0.2) is 102 Å². The van der Waals surface area contributed by atoms with Gasteiger partial charge in [0.05, 0.1) is 7.11 Å². The van der Waals surface area contributed by atoms with E-state index in [-0.39, 0.29) is 5.41 Å². The maximum atomic E-state index is 5.76. The number of ether oxygens (including phenoxy) is 1. The second-order valence-corrected chi connectivity index (χ2v) is 10.4. The van der Waals surface area contributed by atoms with Gasteiger partial charge < -0.3 is 4.74 Å². The van der Waals surface area contributed by atoms with Gasteiger partial charge in [0, 0.05) is 15.3 Å². The number of rotatable bonds is 3. The molecule has 0 radical (unpaired) electrons. The molecule has 0 N–H and O–H groups in total. The number of hydrogen-bond acceptors (Lipinski definition) is 1. The van der Waals surface area contributed by atoms with Gasteiger partial charge in [-0.3, -0.25) is 0 Å². The van der Waals surface area contributed by atoms with E-state index in [1.165, 1.54) is 44.3 Å². The summed E-state index contributed by atoms with van der Waals surface area (Å²) in [7, 11) is 1.75. The molecule has 0 heterocycles. The summed E-state index contributed by atoms with van der Waals surface area (Å²) in [5.74, 6) is 0.900. The Morgan fingerprint density at radius 3 is 2.03 bits per heavy atom. The molecule has 0 aromatic heterocycles. The Hall–Kier alpha value is -3.36. The molecule has 0 fully saturated rings. The average molecular weight is 505 g/mol. The van der Waals surface area contributed by atoms with Crippen molar-refractivity contribution in [2.45, 2.75) is 19.3 Å². The molecule has 5 aromatic rings. The predicted molar refractivity (Wildman–Crippen MR) is 147 cm³/mol. The second kappa shape index (κ2) is 7.85. The fourth-order valence-electron chi connectivity index (χ4n) is 5.50. The lowest BCUT2D eigenvalue weighted by Gasteiger charge is -2.21. The number of halogens is 1. The van der Waals surface area contributed by atoms with Crippen molar-refractivity contribution in [2.24, 2.45) is 0 Å². The molecule has 0 unspecified atom stereocenters. The smallest absolute Gasteiger partial charge is 0.127 e. The number of benzene rings is 5. The van der Waals surface area contributed by atoms with Crippen LogP contribution in [0.3, 0.4) is 0 Å². The van der Waals surface area contributed by atoms with Gasteiger partial charge in [0.15, 0.2) is 0 Å². The lowest BCUT2D eigenvalue weighted by molar-refractivity contribution is 0.420. The Morgan fingerprint density at radius 2 is 1.26 bits per heavy atom. The van der Waals surface area contributed by atoms with Gasteiger partial charge in [0.25, 0.3) is 0 Å². The van der Waals surface area contributed by atoms with Gasteiger partial charge in [0.1, 0.15) is 5.75 Å². The summed E-state index contributed by atoms with van der Waals surface area (Å²) in [4.78, 5) is 0. The number of methoxy groups -OCH3 is 1. The Bertz CT molecular complexity index is 1580. The highest BCUT2D eigenvalue weighted by molar-refractivity contribution is 9.10. The van der Waals surface area contributed by atoms with Crippen molar-refractivity contribution in [3.8, 4) is 39.1 Å². The molecular formula is C32H25BrO. The fraction of sp³-hybridized carbons (Fsp3) is 0.125. The van der Waals surface area contributed by atoms with E-state index in [1.54, 1.807) is 7.11 Å². The molecule has 0 saturated heterocycles. The maximum absolute atomic E-state index is 5.76. The van der Waals surface area contributed by atoms with Crippen LogP contribution in [0.2, 0.25) is 0 Å². The van der Waals surface area contributed by atoms with Crippen LogP contribution in [0.5, 0.6) is 5.75 Å². The van der Waals surface area contributed by atoms with Gasteiger partial charge in [0.2, 0.25) is 0 Å². The van der Waals surface area contributed by atoms with Crippen molar-refractivity contribution in [3.05, 3.63) is 113 Å². The highest BCUT2D eigenvalue weighted by Gasteiger charge is 2.35. The molecule has 0 aliphatic heterocycles. The van der Waals surface area contributed by atoms with Crippen LogP contribution in [-0.2, 0) is 5.41 Å². The summed E-state index contributed by atoms with van der Waals surface area (Å²) < 4.78 is 6.88. The van der Waals surface area contributed by atoms with Crippen molar-refractivity contribution in [2.75, 3.05) is 7.11 Å². The van der Waals surface area contributed by atoms with Crippen LogP contribution < -0.4 is 4.74 Å². The highest BCUT2D eigenvalue weighted by atomic mass is 79.9. The van der Waals surface area contributed by atoms with Gasteiger partial charge in [-0.05, 0) is 80.2 Å². The first kappa shape index (κ1) is 21.2. The van der Waals surface area contributed by atoms with Crippen LogP contribution >= 0.6 is 15.9 Å². The molecule has 1 aliphatic carbocycles. The van der Waals surface area contributed by atoms with Gasteiger partial charge in [-0.2, -0.15) is 0 Å². The zero-order chi connectivity index (χ0) is 23.4. The number of fused-ring (bicyclic) bond motifs is 4. The van der Waals surface area contributed by atoms with E-state index in [0.29, 0.717) is 0 Å². The molecule has 166 valence electrons. The molecule has 0 spiro atoms. The van der Waals surface area contributed by atoms with Crippen LogP contribution in [0.25, 0.3) is 44.2 Å². The van der Waals surface area contributed by atoms with Gasteiger partial charge in [-0.15, -0.1) is 0 Å². The lowest BCUT2D eigenvalue weighted by Crippen LogP contribution is -2.14. The lowest BCUT2D eigenvalue weighted by atomic mass is 9.82. The topological polar surface area (TPSA) is 9.23 Å². The molecule has 0 amide bonds. The van der Waals surface area contributed by atoms with Crippen LogP contribution in [-0.4, -0.2) is 7.11 Å². The van der Waals surface area contributed by atoms with Crippen molar-refractivity contribution in [1.82, 2.24) is 0 Å². The van der Waals surface area contributed by atoms with Crippen LogP contribution in [0, 0.1) is 0 Å². The van der Waals surface area contributed by atoms with E-state index in [4.69, 9.17) is 4.74 Å². The summed E-state index contributed by atoms with van der Waals surface area (Å²) in [5, 5.41) is 2.31. The van der Waals surface area contributed by atoms with E-state index in [0.717, 1.165) is 21.2 Å². The first-order valence-electron chi connectivity index (χ1n) is 11.6. The molecule has 5 aromatic carbocycles. The van der Waals surface area contributed by atoms with E-state index in [2.05, 4.69) is 127 Å². The Labute approximate surface area is 209 Å². The Kier molecular flexibility index (Phi) is 4.89. The standard InChI is InChI=1S/C32H25BrO/c1-32(2)29-14-12-21(17-27(29)28-19-23(33)13-15-30(28)32)24-9-6-7-10-25(24)22-16-20-8-4-5-11-26(20)31(18-22)34-3/h4-19H,1-3H3. The molecule has 0 saturated carbocycles. The SMILES string of the molecule is COc1cc(-c2ccccc2-c2ccc3c(c2)-c2cc(Br)ccc2C3(C)C)cc2ccccc12. The van der Waals surface area contributed by atoms with Gasteiger partial charge in [-0.1, -0.05) is 96.5 Å². The maximum Gasteiger partial charge on any atom is 0.127 e. The fourth-order valence-corrected chi connectivity index (χ4v) is 5.86. The monoisotopic (exact) mass is 504 g/mol. The summed E-state index contributed by atoms with van der Waals surface area (Å²) in [6.07, 6.45) is 0. The van der Waals surface area contributed by atoms with Crippen LogP contribution in [0.1, 0.15) is 25.0 Å². The van der Waals surface area contributed by atoms with E-state index in [1.807, 2.05) is 0 Å². The third kappa shape index (κ3) is 3.20. The third-order valence-corrected chi connectivity index (χ3v) is 7.72. The van der Waals surface area contributed by atoms with Gasteiger partial charge in [-0.25, -0.2) is 0 Å². The zero-order valence-electron chi connectivity index (χ0n) is 19.5. The van der Waals surface area contributed by atoms with E-state index >= 15 is 0 Å². The molecule has 0 bridgehead atoms. The third-order valence-electron chi connectivity index (χ3n) is 7.23. The van der Waals surface area contributed by atoms with Crippen molar-refractivity contribution >= 4 is 26.7 Å². The molecule has 1 aliphatic rings. The van der Waals surface area contributed by atoms with Crippen molar-refractivity contribution in [1.29, 1.82) is 0 Å². The molecular weight excluding hydrogens is 480 g/mol. The second-order valence-electron chi connectivity index (χ2n) is 9.52. The summed E-state index contributed by atoms with van der Waals surface area (Å²) in [6.45, 7) is 4.64. The zero-order valence-corrected chi connectivity index (χ0v) is 21.1. The van der Waals surface area contributed by atoms with E-state index < -0.39 is 0 Å². The summed E-state index contributed by atoms with van der Waals surface area (Å²) in [5.41, 5.74) is 10.2. The average Bonchev–Trinajstić information content (AvgIpc) is 3.08. The summed E-state index contributed by atoms with van der Waals surface area (Å²) >= 11 is 3.68. The Morgan fingerprint density at radius 1 is 0.618 bits per heavy atom. The first-order valence-corrected chi connectivity index (χ1v) is 12.4.